The van der Waals surface area contributed by atoms with Gasteiger partial charge in [0.05, 0.1) is 11.0 Å². The smallest absolute Gasteiger partial charge is 0.0793 e. The van der Waals surface area contributed by atoms with Gasteiger partial charge in [-0.2, -0.15) is 0 Å². The van der Waals surface area contributed by atoms with E-state index < -0.39 is 0 Å². The average Bonchev–Trinajstić information content (AvgIpc) is 3.82. The van der Waals surface area contributed by atoms with Gasteiger partial charge in [0.1, 0.15) is 0 Å². The van der Waals surface area contributed by atoms with Crippen LogP contribution in [0.4, 0.5) is 0 Å². The molecule has 0 amide bonds. The van der Waals surface area contributed by atoms with Crippen LogP contribution in [0.5, 0.6) is 0 Å². The maximum Gasteiger partial charge on any atom is 0.0793 e. The van der Waals surface area contributed by atoms with Crippen molar-refractivity contribution in [3.63, 3.8) is 0 Å². The Morgan fingerprint density at radius 3 is 1.04 bits per heavy atom. The van der Waals surface area contributed by atoms with Crippen LogP contribution in [-0.2, 0) is 0 Å². The summed E-state index contributed by atoms with van der Waals surface area (Å²) in [5, 5.41) is 10.4. The second kappa shape index (κ2) is 8.68. The predicted octanol–water partition coefficient (Wildman–Crippen LogP) is 12.9. The molecule has 0 aliphatic heterocycles. The summed E-state index contributed by atoms with van der Waals surface area (Å²) in [6.07, 6.45) is 3.96. The van der Waals surface area contributed by atoms with Crippen LogP contribution in [0.1, 0.15) is 0 Å². The Morgan fingerprint density at radius 2 is 0.600 bits per heavy atom. The topological polar surface area (TPSA) is 25.8 Å². The number of fused-ring (bicyclic) bond motifs is 7. The number of hydrogen-bond acceptors (Lipinski definition) is 2. The van der Waals surface area contributed by atoms with Crippen molar-refractivity contribution < 1.29 is 0 Å². The highest BCUT2D eigenvalue weighted by atomic mass is 14.7. The van der Waals surface area contributed by atoms with E-state index in [1.54, 1.807) is 0 Å². The van der Waals surface area contributed by atoms with Crippen LogP contribution in [0, 0.1) is 0 Å². The molecule has 0 saturated carbocycles. The van der Waals surface area contributed by atoms with Gasteiger partial charge in [0.2, 0.25) is 0 Å². The van der Waals surface area contributed by atoms with Crippen LogP contribution in [0.15, 0.2) is 146 Å². The van der Waals surface area contributed by atoms with Crippen molar-refractivity contribution in [1.82, 2.24) is 9.97 Å². The highest BCUT2D eigenvalue weighted by Gasteiger charge is 2.28. The van der Waals surface area contributed by atoms with Crippen molar-refractivity contribution in [2.75, 3.05) is 0 Å². The Hall–Kier alpha value is -6.64. The molecule has 2 aromatic heterocycles. The molecule has 3 aliphatic carbocycles. The van der Waals surface area contributed by atoms with Crippen LogP contribution in [0.3, 0.4) is 0 Å². The lowest BCUT2D eigenvalue weighted by molar-refractivity contribution is 1.42. The third-order valence-corrected chi connectivity index (χ3v) is 11.8. The monoisotopic (exact) mass is 628 g/mol. The molecule has 0 N–H and O–H groups in total. The molecule has 0 atom stereocenters. The molecular weight excluding hydrogens is 605 g/mol. The zero-order valence-corrected chi connectivity index (χ0v) is 26.8. The van der Waals surface area contributed by atoms with Crippen LogP contribution in [0.25, 0.3) is 132 Å². The molecule has 50 heavy (non-hydrogen) atoms. The van der Waals surface area contributed by atoms with Crippen molar-refractivity contribution in [1.29, 1.82) is 0 Å². The van der Waals surface area contributed by atoms with E-state index in [0.717, 1.165) is 11.0 Å². The number of rotatable bonds is 2. The molecule has 10 aromatic rings. The summed E-state index contributed by atoms with van der Waals surface area (Å²) in [5.74, 6) is 0. The van der Waals surface area contributed by atoms with Gasteiger partial charge < -0.3 is 0 Å². The Bertz CT molecular complexity index is 2980. The van der Waals surface area contributed by atoms with Crippen LogP contribution >= 0.6 is 0 Å². The van der Waals surface area contributed by atoms with Gasteiger partial charge in [-0.3, -0.25) is 9.97 Å². The normalized spacial score (nSPS) is 12.8. The largest absolute Gasteiger partial charge is 0.256 e. The van der Waals surface area contributed by atoms with E-state index in [9.17, 15) is 0 Å². The van der Waals surface area contributed by atoms with Gasteiger partial charge in [0, 0.05) is 34.3 Å². The number of hydrogen-bond donors (Lipinski definition) is 0. The van der Waals surface area contributed by atoms with E-state index in [4.69, 9.17) is 9.97 Å². The van der Waals surface area contributed by atoms with E-state index in [1.807, 2.05) is 12.4 Å². The zero-order chi connectivity index (χ0) is 32.2. The molecule has 0 spiro atoms. The molecule has 0 fully saturated rings. The first-order valence-electron chi connectivity index (χ1n) is 17.3. The summed E-state index contributed by atoms with van der Waals surface area (Å²) in [6.45, 7) is 0. The first-order valence-corrected chi connectivity index (χ1v) is 17.3. The average molecular weight is 629 g/mol. The first-order chi connectivity index (χ1) is 24.8. The molecule has 0 radical (unpaired) electrons. The number of benzene rings is 8. The van der Waals surface area contributed by atoms with Gasteiger partial charge in [0.25, 0.3) is 0 Å². The second-order valence-electron chi connectivity index (χ2n) is 14.0. The van der Waals surface area contributed by atoms with Crippen LogP contribution in [-0.4, -0.2) is 9.97 Å². The third kappa shape index (κ3) is 2.86. The summed E-state index contributed by atoms with van der Waals surface area (Å²) in [6, 6.07) is 49.6. The van der Waals surface area contributed by atoms with Gasteiger partial charge in [-0.1, -0.05) is 121 Å². The molecule has 8 aromatic carbocycles. The summed E-state index contributed by atoms with van der Waals surface area (Å²) in [7, 11) is 0. The fourth-order valence-electron chi connectivity index (χ4n) is 9.80. The minimum absolute atomic E-state index is 1.07. The standard InChI is InChI=1S/C48H24N2/c1-3-7-28-26(5-1)34-17-19-40(47-45(34)38(28)21-23-49-47)30-13-15-36-37-16-14-31(33-12-10-25-9-11-32(30)43(36)42(25)44(33)37)41-20-18-35-27-6-2-4-8-29(27)39-22-24-50-48(41)46(35)39/h1-24H. The van der Waals surface area contributed by atoms with Gasteiger partial charge in [-0.05, 0) is 111 Å². The molecule has 2 nitrogen and oxygen atoms in total. The van der Waals surface area contributed by atoms with Gasteiger partial charge >= 0.3 is 0 Å². The van der Waals surface area contributed by atoms with Gasteiger partial charge in [-0.15, -0.1) is 0 Å². The Balaban J connectivity index is 1.07. The van der Waals surface area contributed by atoms with Crippen molar-refractivity contribution >= 4 is 54.1 Å². The van der Waals surface area contributed by atoms with E-state index >= 15 is 0 Å². The van der Waals surface area contributed by atoms with E-state index in [1.165, 1.54) is 121 Å². The highest BCUT2D eigenvalue weighted by molar-refractivity contribution is 6.36. The van der Waals surface area contributed by atoms with Crippen molar-refractivity contribution in [3.8, 4) is 77.9 Å². The molecule has 0 unspecified atom stereocenters. The molecule has 226 valence electrons. The van der Waals surface area contributed by atoms with Crippen LogP contribution in [0.2, 0.25) is 0 Å². The SMILES string of the molecule is c1ccc2c(c1)-c1ccnc3c(-c4ccc5c6c4ccc4ccc7c(-c8ccc9c%10c(ccnc8%10)-c8ccccc8-9)ccc-5c7c46)ccc-2c13. The molecule has 3 aliphatic rings. The van der Waals surface area contributed by atoms with Gasteiger partial charge in [0.15, 0.2) is 0 Å². The number of pyridine rings is 2. The summed E-state index contributed by atoms with van der Waals surface area (Å²) in [5.41, 5.74) is 19.9. The Labute approximate surface area is 286 Å². The summed E-state index contributed by atoms with van der Waals surface area (Å²) in [4.78, 5) is 10.1. The van der Waals surface area contributed by atoms with Gasteiger partial charge in [-0.25, -0.2) is 0 Å². The van der Waals surface area contributed by atoms with Crippen molar-refractivity contribution in [3.05, 3.63) is 146 Å². The molecule has 13 rings (SSSR count). The molecular formula is C48H24N2. The van der Waals surface area contributed by atoms with Crippen molar-refractivity contribution in [2.24, 2.45) is 0 Å². The minimum atomic E-state index is 1.07. The zero-order valence-electron chi connectivity index (χ0n) is 26.8. The molecule has 2 heterocycles. The van der Waals surface area contributed by atoms with E-state index in [0.29, 0.717) is 0 Å². The number of aromatic nitrogens is 2. The van der Waals surface area contributed by atoms with E-state index in [2.05, 4.69) is 133 Å². The second-order valence-corrected chi connectivity index (χ2v) is 14.0. The van der Waals surface area contributed by atoms with Crippen LogP contribution < -0.4 is 0 Å². The maximum atomic E-state index is 5.03. The molecule has 2 heteroatoms. The molecule has 0 bridgehead atoms. The molecule has 0 saturated heterocycles. The summed E-state index contributed by atoms with van der Waals surface area (Å²) >= 11 is 0. The predicted molar refractivity (Wildman–Crippen MR) is 208 cm³/mol. The first kappa shape index (κ1) is 25.4. The highest BCUT2D eigenvalue weighted by Crippen LogP contribution is 2.55. The Kier molecular flexibility index (Phi) is 4.41. The fraction of sp³-hybridized carbons (Fsp3) is 0. The maximum absolute atomic E-state index is 5.03. The number of nitrogens with zero attached hydrogens (tertiary/aromatic N) is 2. The quantitative estimate of drug-likeness (QED) is 0.178. The summed E-state index contributed by atoms with van der Waals surface area (Å²) < 4.78 is 0. The van der Waals surface area contributed by atoms with Crippen molar-refractivity contribution in [2.45, 2.75) is 0 Å². The van der Waals surface area contributed by atoms with E-state index in [-0.39, 0.29) is 0 Å². The lowest BCUT2D eigenvalue weighted by Gasteiger charge is -2.13. The third-order valence-electron chi connectivity index (χ3n) is 11.8. The fourth-order valence-corrected chi connectivity index (χ4v) is 9.80. The Morgan fingerprint density at radius 1 is 0.240 bits per heavy atom. The lowest BCUT2D eigenvalue weighted by Crippen LogP contribution is -1.89. The lowest BCUT2D eigenvalue weighted by atomic mass is 9.91. The minimum Gasteiger partial charge on any atom is -0.256 e.